The minimum absolute atomic E-state index is 0.682. The quantitative estimate of drug-likeness (QED) is 0.773. The molecule has 1 atom stereocenters. The van der Waals surface area contributed by atoms with Crippen LogP contribution in [0.15, 0.2) is 0 Å². The molecule has 15 heavy (non-hydrogen) atoms. The molecule has 2 fully saturated rings. The van der Waals surface area contributed by atoms with Gasteiger partial charge in [0.25, 0.3) is 0 Å². The van der Waals surface area contributed by atoms with E-state index >= 15 is 0 Å². The summed E-state index contributed by atoms with van der Waals surface area (Å²) >= 11 is 2.11. The topological polar surface area (TPSA) is 12.0 Å². The molecule has 0 bridgehead atoms. The van der Waals surface area contributed by atoms with Gasteiger partial charge in [-0.2, -0.15) is 11.8 Å². The van der Waals surface area contributed by atoms with Gasteiger partial charge < -0.3 is 5.32 Å². The molecular weight excluding hydrogens is 202 g/mol. The lowest BCUT2D eigenvalue weighted by Crippen LogP contribution is -2.44. The molecule has 1 saturated heterocycles. The van der Waals surface area contributed by atoms with E-state index in [1.54, 1.807) is 0 Å². The monoisotopic (exact) mass is 227 g/mol. The lowest BCUT2D eigenvalue weighted by molar-refractivity contribution is 0.0951. The Morgan fingerprint density at radius 2 is 2.20 bits per heavy atom. The SMILES string of the molecule is CC(C)CC1(CNC2CCSC2)CCC1. The van der Waals surface area contributed by atoms with E-state index in [2.05, 4.69) is 30.9 Å². The summed E-state index contributed by atoms with van der Waals surface area (Å²) in [6.07, 6.45) is 7.23. The third kappa shape index (κ3) is 3.13. The highest BCUT2D eigenvalue weighted by Crippen LogP contribution is 2.45. The van der Waals surface area contributed by atoms with Crippen molar-refractivity contribution in [1.29, 1.82) is 0 Å². The van der Waals surface area contributed by atoms with Gasteiger partial charge in [-0.1, -0.05) is 20.3 Å². The van der Waals surface area contributed by atoms with Crippen molar-refractivity contribution in [2.45, 2.75) is 52.0 Å². The van der Waals surface area contributed by atoms with Crippen LogP contribution in [-0.4, -0.2) is 24.1 Å². The molecular formula is C13H25NS. The van der Waals surface area contributed by atoms with Crippen molar-refractivity contribution < 1.29 is 0 Å². The fourth-order valence-corrected chi connectivity index (χ4v) is 4.24. The normalized spacial score (nSPS) is 29.4. The van der Waals surface area contributed by atoms with Gasteiger partial charge in [0, 0.05) is 18.3 Å². The summed E-state index contributed by atoms with van der Waals surface area (Å²) in [5.74, 6) is 3.58. The second-order valence-electron chi connectivity index (χ2n) is 5.89. The van der Waals surface area contributed by atoms with Crippen molar-refractivity contribution >= 4 is 11.8 Å². The molecule has 88 valence electrons. The summed E-state index contributed by atoms with van der Waals surface area (Å²) in [6, 6.07) is 0.819. The average molecular weight is 227 g/mol. The van der Waals surface area contributed by atoms with Crippen LogP contribution in [0.4, 0.5) is 0 Å². The number of thioether (sulfide) groups is 1. The molecule has 2 rings (SSSR count). The molecule has 1 nitrogen and oxygen atoms in total. The van der Waals surface area contributed by atoms with Crippen LogP contribution in [0.5, 0.6) is 0 Å². The van der Waals surface area contributed by atoms with Gasteiger partial charge in [-0.3, -0.25) is 0 Å². The Bertz CT molecular complexity index is 193. The number of nitrogens with one attached hydrogen (secondary N) is 1. The highest BCUT2D eigenvalue weighted by Gasteiger charge is 2.37. The predicted molar refractivity (Wildman–Crippen MR) is 69.5 cm³/mol. The fraction of sp³-hybridized carbons (Fsp3) is 1.00. The van der Waals surface area contributed by atoms with E-state index in [-0.39, 0.29) is 0 Å². The maximum atomic E-state index is 3.81. The third-order valence-electron chi connectivity index (χ3n) is 3.95. The van der Waals surface area contributed by atoms with E-state index in [1.807, 2.05) is 0 Å². The molecule has 1 unspecified atom stereocenters. The van der Waals surface area contributed by atoms with Crippen molar-refractivity contribution in [1.82, 2.24) is 5.32 Å². The molecule has 2 heteroatoms. The molecule has 1 N–H and O–H groups in total. The van der Waals surface area contributed by atoms with Crippen LogP contribution in [0.25, 0.3) is 0 Å². The first-order chi connectivity index (χ1) is 7.20. The van der Waals surface area contributed by atoms with Gasteiger partial charge in [0.05, 0.1) is 0 Å². The zero-order valence-electron chi connectivity index (χ0n) is 10.2. The Kier molecular flexibility index (Phi) is 4.00. The van der Waals surface area contributed by atoms with E-state index in [9.17, 15) is 0 Å². The Morgan fingerprint density at radius 3 is 2.67 bits per heavy atom. The lowest BCUT2D eigenvalue weighted by atomic mass is 9.64. The summed E-state index contributed by atoms with van der Waals surface area (Å²) in [6.45, 7) is 6.02. The zero-order valence-corrected chi connectivity index (χ0v) is 11.0. The van der Waals surface area contributed by atoms with Crippen molar-refractivity contribution in [2.24, 2.45) is 11.3 Å². The van der Waals surface area contributed by atoms with Crippen LogP contribution in [0.3, 0.4) is 0 Å². The van der Waals surface area contributed by atoms with Crippen LogP contribution >= 0.6 is 11.8 Å². The molecule has 1 aliphatic heterocycles. The average Bonchev–Trinajstić information content (AvgIpc) is 2.61. The van der Waals surface area contributed by atoms with Gasteiger partial charge in [-0.05, 0) is 42.8 Å². The largest absolute Gasteiger partial charge is 0.313 e. The smallest absolute Gasteiger partial charge is 0.0166 e. The molecule has 0 spiro atoms. The van der Waals surface area contributed by atoms with Crippen LogP contribution in [0.2, 0.25) is 0 Å². The lowest BCUT2D eigenvalue weighted by Gasteiger charge is -2.44. The first-order valence-corrected chi connectivity index (χ1v) is 7.67. The molecule has 1 saturated carbocycles. The maximum absolute atomic E-state index is 3.81. The highest BCUT2D eigenvalue weighted by molar-refractivity contribution is 7.99. The van der Waals surface area contributed by atoms with Crippen molar-refractivity contribution in [3.05, 3.63) is 0 Å². The Labute approximate surface area is 98.8 Å². The molecule has 0 radical (unpaired) electrons. The van der Waals surface area contributed by atoms with Crippen LogP contribution in [0.1, 0.15) is 46.0 Å². The van der Waals surface area contributed by atoms with E-state index in [4.69, 9.17) is 0 Å². The molecule has 0 aromatic heterocycles. The van der Waals surface area contributed by atoms with Crippen LogP contribution in [0, 0.1) is 11.3 Å². The van der Waals surface area contributed by atoms with E-state index in [0.717, 1.165) is 12.0 Å². The summed E-state index contributed by atoms with van der Waals surface area (Å²) in [4.78, 5) is 0. The van der Waals surface area contributed by atoms with E-state index in [1.165, 1.54) is 50.2 Å². The summed E-state index contributed by atoms with van der Waals surface area (Å²) in [7, 11) is 0. The second kappa shape index (κ2) is 5.09. The molecule has 1 aliphatic carbocycles. The van der Waals surface area contributed by atoms with Crippen LogP contribution < -0.4 is 5.32 Å². The number of hydrogen-bond donors (Lipinski definition) is 1. The van der Waals surface area contributed by atoms with E-state index < -0.39 is 0 Å². The molecule has 0 amide bonds. The number of hydrogen-bond acceptors (Lipinski definition) is 2. The van der Waals surface area contributed by atoms with Gasteiger partial charge in [0.2, 0.25) is 0 Å². The minimum Gasteiger partial charge on any atom is -0.313 e. The molecule has 2 aliphatic rings. The predicted octanol–water partition coefficient (Wildman–Crippen LogP) is 3.30. The molecule has 0 aromatic carbocycles. The first kappa shape index (κ1) is 11.8. The molecule has 1 heterocycles. The third-order valence-corrected chi connectivity index (χ3v) is 5.11. The van der Waals surface area contributed by atoms with Gasteiger partial charge in [-0.15, -0.1) is 0 Å². The Morgan fingerprint density at radius 1 is 1.40 bits per heavy atom. The number of rotatable bonds is 5. The van der Waals surface area contributed by atoms with Crippen molar-refractivity contribution in [3.8, 4) is 0 Å². The van der Waals surface area contributed by atoms with Crippen molar-refractivity contribution in [3.63, 3.8) is 0 Å². The summed E-state index contributed by atoms with van der Waals surface area (Å²) < 4.78 is 0. The standard InChI is InChI=1S/C13H25NS/c1-11(2)8-13(5-3-6-13)10-14-12-4-7-15-9-12/h11-12,14H,3-10H2,1-2H3. The Hall–Kier alpha value is 0.310. The Balaban J connectivity index is 1.74. The fourth-order valence-electron chi connectivity index (χ4n) is 3.05. The van der Waals surface area contributed by atoms with Crippen LogP contribution in [-0.2, 0) is 0 Å². The van der Waals surface area contributed by atoms with Gasteiger partial charge in [0.1, 0.15) is 0 Å². The summed E-state index contributed by atoms with van der Waals surface area (Å²) in [5.41, 5.74) is 0.682. The summed E-state index contributed by atoms with van der Waals surface area (Å²) in [5, 5.41) is 3.81. The van der Waals surface area contributed by atoms with Gasteiger partial charge in [0.15, 0.2) is 0 Å². The van der Waals surface area contributed by atoms with Gasteiger partial charge in [-0.25, -0.2) is 0 Å². The van der Waals surface area contributed by atoms with Gasteiger partial charge >= 0.3 is 0 Å². The highest BCUT2D eigenvalue weighted by atomic mass is 32.2. The second-order valence-corrected chi connectivity index (χ2v) is 7.04. The maximum Gasteiger partial charge on any atom is 0.0166 e. The first-order valence-electron chi connectivity index (χ1n) is 6.51. The minimum atomic E-state index is 0.682. The molecule has 0 aromatic rings. The van der Waals surface area contributed by atoms with Crippen molar-refractivity contribution in [2.75, 3.05) is 18.1 Å². The van der Waals surface area contributed by atoms with E-state index in [0.29, 0.717) is 5.41 Å². The zero-order chi connectivity index (χ0) is 10.7.